The molecule has 0 aliphatic rings. The Labute approximate surface area is 311 Å². The summed E-state index contributed by atoms with van der Waals surface area (Å²) in [5.74, 6) is -10.9. The minimum atomic E-state index is -4.04. The van der Waals surface area contributed by atoms with Gasteiger partial charge in [0.15, 0.2) is 17.2 Å². The second-order valence-electron chi connectivity index (χ2n) is 13.1. The number of hydrogen-bond donors (Lipinski definition) is 1. The van der Waals surface area contributed by atoms with Crippen LogP contribution in [0.1, 0.15) is 121 Å². The summed E-state index contributed by atoms with van der Waals surface area (Å²) in [7, 11) is -4.04. The number of hydrazone groups is 1. The molecule has 0 saturated heterocycles. The molecule has 0 radical (unpaired) electrons. The molecular formula is C40H53F5N2O5S. The smallest absolute Gasteiger partial charge is 0.276 e. The standard InChI is InChI=1S/C40H53F5N2O5S/c1-4-6-8-10-12-15-25-50-33-24-21-30(28-34(33)51-26-16-13-11-9-7-5-2)32(46-47-53(48,49)31-22-19-29(3)20-23-31)18-14-17-27-52-40-38(44)36(42)35(41)37(43)39(40)45/h19-24,28,47H,4-18,25-27H2,1-3H3. The van der Waals surface area contributed by atoms with E-state index in [-0.39, 0.29) is 30.8 Å². The molecule has 0 aliphatic heterocycles. The number of nitrogens with one attached hydrogen (secondary N) is 1. The maximum Gasteiger partial charge on any atom is 0.276 e. The Hall–Kier alpha value is -3.87. The van der Waals surface area contributed by atoms with Crippen molar-refractivity contribution in [3.8, 4) is 17.2 Å². The first-order valence-corrected chi connectivity index (χ1v) is 20.2. The number of unbranched alkanes of at least 4 members (excludes halogenated alkanes) is 11. The topological polar surface area (TPSA) is 86.2 Å². The Kier molecular flexibility index (Phi) is 18.9. The molecule has 3 aromatic carbocycles. The van der Waals surface area contributed by atoms with Crippen LogP contribution < -0.4 is 19.0 Å². The van der Waals surface area contributed by atoms with Gasteiger partial charge < -0.3 is 14.2 Å². The largest absolute Gasteiger partial charge is 0.490 e. The molecule has 0 spiro atoms. The first kappa shape index (κ1) is 43.5. The average molecular weight is 769 g/mol. The lowest BCUT2D eigenvalue weighted by atomic mass is 10.0. The molecular weight excluding hydrogens is 716 g/mol. The molecule has 0 aliphatic carbocycles. The van der Waals surface area contributed by atoms with Crippen LogP contribution in [0.25, 0.3) is 0 Å². The van der Waals surface area contributed by atoms with Gasteiger partial charge in [0, 0.05) is 5.56 Å². The summed E-state index contributed by atoms with van der Waals surface area (Å²) < 4.78 is 112. The molecule has 0 saturated carbocycles. The monoisotopic (exact) mass is 768 g/mol. The number of rotatable bonds is 26. The lowest BCUT2D eigenvalue weighted by Crippen LogP contribution is -2.21. The fourth-order valence-corrected chi connectivity index (χ4v) is 6.31. The number of nitrogens with zero attached hydrogens (tertiary/aromatic N) is 1. The SMILES string of the molecule is CCCCCCCCOc1ccc(C(CCCCOc2c(F)c(F)c(F)c(F)c2F)=NNS(=O)(=O)c2ccc(C)cc2)cc1OCCCCCCCC. The Bertz CT molecular complexity index is 1680. The van der Waals surface area contributed by atoms with Crippen LogP contribution in [0.3, 0.4) is 0 Å². The number of halogens is 5. The van der Waals surface area contributed by atoms with Crippen LogP contribution in [0.2, 0.25) is 0 Å². The van der Waals surface area contributed by atoms with Crippen LogP contribution in [0.15, 0.2) is 52.5 Å². The maximum absolute atomic E-state index is 14.1. The second-order valence-corrected chi connectivity index (χ2v) is 14.7. The van der Waals surface area contributed by atoms with E-state index < -0.39 is 44.9 Å². The van der Waals surface area contributed by atoms with E-state index in [1.165, 1.54) is 44.2 Å². The van der Waals surface area contributed by atoms with Gasteiger partial charge in [0.1, 0.15) is 0 Å². The van der Waals surface area contributed by atoms with E-state index in [2.05, 4.69) is 23.8 Å². The normalized spacial score (nSPS) is 11.9. The van der Waals surface area contributed by atoms with Gasteiger partial charge in [-0.3, -0.25) is 0 Å². The van der Waals surface area contributed by atoms with Crippen LogP contribution in [0, 0.1) is 36.0 Å². The maximum atomic E-state index is 14.1. The van der Waals surface area contributed by atoms with Crippen LogP contribution >= 0.6 is 0 Å². The Morgan fingerprint density at radius 3 is 1.68 bits per heavy atom. The summed E-state index contributed by atoms with van der Waals surface area (Å²) in [5, 5.41) is 4.28. The second kappa shape index (κ2) is 23.0. The fourth-order valence-electron chi connectivity index (χ4n) is 5.48. The Morgan fingerprint density at radius 1 is 0.604 bits per heavy atom. The van der Waals surface area contributed by atoms with Crippen LogP contribution in [0.5, 0.6) is 17.2 Å². The van der Waals surface area contributed by atoms with E-state index in [4.69, 9.17) is 14.2 Å². The van der Waals surface area contributed by atoms with E-state index in [1.54, 1.807) is 30.3 Å². The summed E-state index contributed by atoms with van der Waals surface area (Å²) in [6, 6.07) is 11.5. The highest BCUT2D eigenvalue weighted by molar-refractivity contribution is 7.89. The number of sulfonamides is 1. The molecule has 3 rings (SSSR count). The van der Waals surface area contributed by atoms with Crippen molar-refractivity contribution in [1.29, 1.82) is 0 Å². The van der Waals surface area contributed by atoms with Gasteiger partial charge in [-0.1, -0.05) is 95.8 Å². The summed E-state index contributed by atoms with van der Waals surface area (Å²) in [4.78, 5) is 2.32. The molecule has 0 heterocycles. The van der Waals surface area contributed by atoms with Gasteiger partial charge in [-0.05, 0) is 69.4 Å². The lowest BCUT2D eigenvalue weighted by Gasteiger charge is -2.16. The summed E-state index contributed by atoms with van der Waals surface area (Å²) >= 11 is 0. The van der Waals surface area contributed by atoms with E-state index in [0.717, 1.165) is 50.5 Å². The van der Waals surface area contributed by atoms with Crippen molar-refractivity contribution in [3.05, 3.63) is 82.7 Å². The molecule has 0 aromatic heterocycles. The molecule has 0 unspecified atom stereocenters. The zero-order valence-corrected chi connectivity index (χ0v) is 31.9. The fraction of sp³-hybridized carbons (Fsp3) is 0.525. The van der Waals surface area contributed by atoms with Gasteiger partial charge in [0.2, 0.25) is 29.1 Å². The number of ether oxygens (including phenoxy) is 3. The zero-order valence-electron chi connectivity index (χ0n) is 31.1. The third-order valence-electron chi connectivity index (χ3n) is 8.64. The molecule has 0 atom stereocenters. The molecule has 13 heteroatoms. The molecule has 0 fully saturated rings. The molecule has 0 amide bonds. The van der Waals surface area contributed by atoms with Crippen molar-refractivity contribution < 1.29 is 44.6 Å². The van der Waals surface area contributed by atoms with Crippen LogP contribution in [-0.2, 0) is 10.0 Å². The first-order valence-electron chi connectivity index (χ1n) is 18.7. The van der Waals surface area contributed by atoms with Crippen molar-refractivity contribution in [2.75, 3.05) is 19.8 Å². The van der Waals surface area contributed by atoms with Crippen LogP contribution in [0.4, 0.5) is 22.0 Å². The molecule has 53 heavy (non-hydrogen) atoms. The highest BCUT2D eigenvalue weighted by Crippen LogP contribution is 2.31. The summed E-state index contributed by atoms with van der Waals surface area (Å²) in [5.41, 5.74) is 1.75. The molecule has 1 N–H and O–H groups in total. The average Bonchev–Trinajstić information content (AvgIpc) is 3.15. The molecule has 7 nitrogen and oxygen atoms in total. The number of benzene rings is 3. The van der Waals surface area contributed by atoms with Gasteiger partial charge in [-0.2, -0.15) is 27.1 Å². The number of aryl methyl sites for hydroxylation is 1. The molecule has 294 valence electrons. The van der Waals surface area contributed by atoms with E-state index in [9.17, 15) is 30.4 Å². The van der Waals surface area contributed by atoms with E-state index >= 15 is 0 Å². The molecule has 0 bridgehead atoms. The minimum absolute atomic E-state index is 0.0174. The van der Waals surface area contributed by atoms with Gasteiger partial charge >= 0.3 is 0 Å². The quantitative estimate of drug-likeness (QED) is 0.0219. The third kappa shape index (κ3) is 14.1. The first-order chi connectivity index (χ1) is 25.5. The summed E-state index contributed by atoms with van der Waals surface area (Å²) in [6.45, 7) is 6.78. The van der Waals surface area contributed by atoms with Crippen molar-refractivity contribution in [1.82, 2.24) is 4.83 Å². The van der Waals surface area contributed by atoms with Gasteiger partial charge in [0.05, 0.1) is 30.4 Å². The van der Waals surface area contributed by atoms with Gasteiger partial charge in [-0.15, -0.1) is 0 Å². The molecule has 3 aromatic rings. The van der Waals surface area contributed by atoms with E-state index in [0.29, 0.717) is 36.0 Å². The van der Waals surface area contributed by atoms with Crippen molar-refractivity contribution in [3.63, 3.8) is 0 Å². The minimum Gasteiger partial charge on any atom is -0.490 e. The van der Waals surface area contributed by atoms with Crippen molar-refractivity contribution in [2.45, 2.75) is 122 Å². The highest BCUT2D eigenvalue weighted by atomic mass is 32.2. The van der Waals surface area contributed by atoms with E-state index in [1.807, 2.05) is 6.92 Å². The number of hydrogen-bond acceptors (Lipinski definition) is 6. The Morgan fingerprint density at radius 2 is 1.09 bits per heavy atom. The third-order valence-corrected chi connectivity index (χ3v) is 9.87. The van der Waals surface area contributed by atoms with Gasteiger partial charge in [0.25, 0.3) is 10.0 Å². The summed E-state index contributed by atoms with van der Waals surface area (Å²) in [6.07, 6.45) is 13.7. The lowest BCUT2D eigenvalue weighted by molar-refractivity contribution is 0.257. The van der Waals surface area contributed by atoms with Crippen molar-refractivity contribution >= 4 is 15.7 Å². The predicted octanol–water partition coefficient (Wildman–Crippen LogP) is 11.1. The highest BCUT2D eigenvalue weighted by Gasteiger charge is 2.27. The predicted molar refractivity (Wildman–Crippen MR) is 198 cm³/mol. The zero-order chi connectivity index (χ0) is 38.6. The van der Waals surface area contributed by atoms with Crippen molar-refractivity contribution in [2.24, 2.45) is 5.10 Å². The Balaban J connectivity index is 1.80. The van der Waals surface area contributed by atoms with Crippen LogP contribution in [-0.4, -0.2) is 34.0 Å². The van der Waals surface area contributed by atoms with Gasteiger partial charge in [-0.25, -0.2) is 13.2 Å².